The van der Waals surface area contributed by atoms with Gasteiger partial charge in [0.05, 0.1) is 4.75 Å². The third-order valence-corrected chi connectivity index (χ3v) is 6.98. The Bertz CT molecular complexity index is 924. The first-order chi connectivity index (χ1) is 14.2. The van der Waals surface area contributed by atoms with Gasteiger partial charge in [0.15, 0.2) is 0 Å². The summed E-state index contributed by atoms with van der Waals surface area (Å²) in [4.78, 5) is 11.4. The first-order valence-corrected chi connectivity index (χ1v) is 11.1. The standard InChI is InChI=1S/C26H29NO2S/c1-25(2,3)19-14-16-22(17-15-19)26(20-10-6-4-7-11-20,21-12-8-5-9-13-21)30-18-23(27)24(28)29/h4-17,23H,18,27H2,1-3H3,(H,28,29)/t23-/m0/s1. The van der Waals surface area contributed by atoms with Crippen molar-refractivity contribution in [2.45, 2.75) is 37.0 Å². The molecule has 3 aromatic carbocycles. The zero-order chi connectivity index (χ0) is 21.8. The Morgan fingerprint density at radius 1 is 0.800 bits per heavy atom. The van der Waals surface area contributed by atoms with Gasteiger partial charge in [-0.15, -0.1) is 11.8 Å². The molecule has 0 aromatic heterocycles. The van der Waals surface area contributed by atoms with E-state index in [9.17, 15) is 9.90 Å². The van der Waals surface area contributed by atoms with E-state index in [4.69, 9.17) is 5.73 Å². The highest BCUT2D eigenvalue weighted by atomic mass is 32.2. The molecule has 0 aliphatic carbocycles. The molecule has 0 heterocycles. The van der Waals surface area contributed by atoms with Crippen LogP contribution in [0.15, 0.2) is 84.9 Å². The van der Waals surface area contributed by atoms with Crippen LogP contribution in [0, 0.1) is 0 Å². The number of nitrogens with two attached hydrogens (primary N) is 1. The first kappa shape index (κ1) is 22.1. The van der Waals surface area contributed by atoms with Gasteiger partial charge in [-0.1, -0.05) is 106 Å². The molecule has 156 valence electrons. The molecule has 0 fully saturated rings. The minimum Gasteiger partial charge on any atom is -0.480 e. The molecule has 3 N–H and O–H groups in total. The monoisotopic (exact) mass is 419 g/mol. The van der Waals surface area contributed by atoms with E-state index in [1.165, 1.54) is 5.56 Å². The molecular weight excluding hydrogens is 390 g/mol. The molecular formula is C26H29NO2S. The van der Waals surface area contributed by atoms with Gasteiger partial charge in [0.1, 0.15) is 6.04 Å². The normalized spacial score (nSPS) is 13.1. The molecule has 0 amide bonds. The Morgan fingerprint density at radius 2 is 1.20 bits per heavy atom. The Kier molecular flexibility index (Phi) is 6.69. The van der Waals surface area contributed by atoms with Crippen LogP contribution in [0.25, 0.3) is 0 Å². The SMILES string of the molecule is CC(C)(C)c1ccc(C(SC[C@H](N)C(=O)O)(c2ccccc2)c2ccccc2)cc1. The zero-order valence-electron chi connectivity index (χ0n) is 17.7. The molecule has 0 aliphatic rings. The fourth-order valence-electron chi connectivity index (χ4n) is 3.59. The molecule has 0 unspecified atom stereocenters. The van der Waals surface area contributed by atoms with E-state index in [1.54, 1.807) is 11.8 Å². The number of carboxylic acids is 1. The molecule has 0 saturated carbocycles. The molecule has 3 rings (SSSR count). The maximum absolute atomic E-state index is 11.4. The Labute approximate surface area is 183 Å². The Hall–Kier alpha value is -2.56. The average molecular weight is 420 g/mol. The number of rotatable bonds is 7. The van der Waals surface area contributed by atoms with Gasteiger partial charge in [0.25, 0.3) is 0 Å². The lowest BCUT2D eigenvalue weighted by Crippen LogP contribution is -2.36. The topological polar surface area (TPSA) is 63.3 Å². The minimum absolute atomic E-state index is 0.0550. The number of benzene rings is 3. The van der Waals surface area contributed by atoms with Gasteiger partial charge in [-0.2, -0.15) is 0 Å². The van der Waals surface area contributed by atoms with Crippen molar-refractivity contribution in [3.8, 4) is 0 Å². The van der Waals surface area contributed by atoms with Gasteiger partial charge in [-0.05, 0) is 27.7 Å². The van der Waals surface area contributed by atoms with Crippen molar-refractivity contribution in [1.82, 2.24) is 0 Å². The van der Waals surface area contributed by atoms with Gasteiger partial charge in [0.2, 0.25) is 0 Å². The van der Waals surface area contributed by atoms with Crippen LogP contribution in [0.5, 0.6) is 0 Å². The molecule has 0 saturated heterocycles. The van der Waals surface area contributed by atoms with Gasteiger partial charge < -0.3 is 10.8 Å². The summed E-state index contributed by atoms with van der Waals surface area (Å²) in [5.41, 5.74) is 10.5. The molecule has 0 radical (unpaired) electrons. The van der Waals surface area contributed by atoms with Crippen molar-refractivity contribution in [3.05, 3.63) is 107 Å². The number of hydrogen-bond donors (Lipinski definition) is 2. The lowest BCUT2D eigenvalue weighted by atomic mass is 9.81. The van der Waals surface area contributed by atoms with Crippen molar-refractivity contribution in [3.63, 3.8) is 0 Å². The maximum Gasteiger partial charge on any atom is 0.321 e. The molecule has 4 heteroatoms. The van der Waals surface area contributed by atoms with Crippen LogP contribution in [0.2, 0.25) is 0 Å². The van der Waals surface area contributed by atoms with Gasteiger partial charge in [-0.3, -0.25) is 4.79 Å². The highest BCUT2D eigenvalue weighted by Gasteiger charge is 2.38. The Morgan fingerprint density at radius 3 is 1.60 bits per heavy atom. The molecule has 1 atom stereocenters. The van der Waals surface area contributed by atoms with Gasteiger partial charge in [-0.25, -0.2) is 0 Å². The van der Waals surface area contributed by atoms with E-state index in [2.05, 4.69) is 69.3 Å². The largest absolute Gasteiger partial charge is 0.480 e. The van der Waals surface area contributed by atoms with E-state index < -0.39 is 16.8 Å². The van der Waals surface area contributed by atoms with E-state index in [1.807, 2.05) is 36.4 Å². The van der Waals surface area contributed by atoms with E-state index in [0.29, 0.717) is 5.75 Å². The summed E-state index contributed by atoms with van der Waals surface area (Å²) in [5, 5.41) is 9.38. The van der Waals surface area contributed by atoms with Crippen molar-refractivity contribution < 1.29 is 9.90 Å². The molecule has 3 nitrogen and oxygen atoms in total. The fourth-order valence-corrected chi connectivity index (χ4v) is 5.07. The van der Waals surface area contributed by atoms with Crippen molar-refractivity contribution in [2.24, 2.45) is 5.73 Å². The highest BCUT2D eigenvalue weighted by molar-refractivity contribution is 8.00. The lowest BCUT2D eigenvalue weighted by molar-refractivity contribution is -0.137. The third-order valence-electron chi connectivity index (χ3n) is 5.31. The van der Waals surface area contributed by atoms with Crippen LogP contribution in [-0.2, 0) is 15.0 Å². The third kappa shape index (κ3) is 4.61. The fraction of sp³-hybridized carbons (Fsp3) is 0.269. The van der Waals surface area contributed by atoms with Crippen molar-refractivity contribution in [2.75, 3.05) is 5.75 Å². The second-order valence-electron chi connectivity index (χ2n) is 8.50. The molecule has 0 spiro atoms. The summed E-state index contributed by atoms with van der Waals surface area (Å²) in [5.74, 6) is -0.694. The minimum atomic E-state index is -0.986. The van der Waals surface area contributed by atoms with Crippen molar-refractivity contribution >= 4 is 17.7 Å². The molecule has 30 heavy (non-hydrogen) atoms. The number of hydrogen-bond acceptors (Lipinski definition) is 3. The van der Waals surface area contributed by atoms with E-state index >= 15 is 0 Å². The van der Waals surface area contributed by atoms with Crippen LogP contribution >= 0.6 is 11.8 Å². The predicted molar refractivity (Wildman–Crippen MR) is 126 cm³/mol. The summed E-state index contributed by atoms with van der Waals surface area (Å²) >= 11 is 1.57. The Balaban J connectivity index is 2.21. The lowest BCUT2D eigenvalue weighted by Gasteiger charge is -2.36. The summed E-state index contributed by atoms with van der Waals surface area (Å²) in [6.07, 6.45) is 0. The second-order valence-corrected chi connectivity index (χ2v) is 9.73. The predicted octanol–water partition coefficient (Wildman–Crippen LogP) is 5.42. The van der Waals surface area contributed by atoms with E-state index in [0.717, 1.165) is 16.7 Å². The summed E-state index contributed by atoms with van der Waals surface area (Å²) < 4.78 is -0.563. The average Bonchev–Trinajstić information content (AvgIpc) is 2.75. The van der Waals surface area contributed by atoms with Crippen molar-refractivity contribution in [1.29, 1.82) is 0 Å². The summed E-state index contributed by atoms with van der Waals surface area (Å²) in [6.45, 7) is 6.60. The number of thioether (sulfide) groups is 1. The first-order valence-electron chi connectivity index (χ1n) is 10.1. The van der Waals surface area contributed by atoms with Crippen LogP contribution in [0.3, 0.4) is 0 Å². The van der Waals surface area contributed by atoms with Crippen LogP contribution < -0.4 is 5.73 Å². The van der Waals surface area contributed by atoms with Crippen LogP contribution in [-0.4, -0.2) is 22.9 Å². The maximum atomic E-state index is 11.4. The quantitative estimate of drug-likeness (QED) is 0.502. The smallest absolute Gasteiger partial charge is 0.321 e. The number of carboxylic acid groups (broad SMARTS) is 1. The number of carbonyl (C=O) groups is 1. The van der Waals surface area contributed by atoms with Crippen LogP contribution in [0.4, 0.5) is 0 Å². The zero-order valence-corrected chi connectivity index (χ0v) is 18.5. The molecule has 3 aromatic rings. The summed E-state index contributed by atoms with van der Waals surface area (Å²) in [7, 11) is 0. The highest BCUT2D eigenvalue weighted by Crippen LogP contribution is 2.48. The molecule has 0 aliphatic heterocycles. The van der Waals surface area contributed by atoms with Gasteiger partial charge in [0, 0.05) is 5.75 Å². The van der Waals surface area contributed by atoms with Crippen LogP contribution in [0.1, 0.15) is 43.0 Å². The second kappa shape index (κ2) is 9.07. The summed E-state index contributed by atoms with van der Waals surface area (Å²) in [6, 6.07) is 28.2. The number of aliphatic carboxylic acids is 1. The molecule has 0 bridgehead atoms. The van der Waals surface area contributed by atoms with Gasteiger partial charge >= 0.3 is 5.97 Å². The van der Waals surface area contributed by atoms with E-state index in [-0.39, 0.29) is 5.41 Å².